The van der Waals surface area contributed by atoms with E-state index >= 15 is 0 Å². The van der Waals surface area contributed by atoms with Gasteiger partial charge in [0, 0.05) is 10.8 Å². The minimum Gasteiger partial charge on any atom is -0.298 e. The molecule has 0 atom stereocenters. The van der Waals surface area contributed by atoms with Crippen LogP contribution >= 0.6 is 0 Å². The van der Waals surface area contributed by atoms with Crippen molar-refractivity contribution in [2.75, 3.05) is 0 Å². The molecule has 0 aromatic carbocycles. The molecule has 1 heteroatoms. The molecule has 5 aliphatic rings. The smallest absolute Gasteiger partial charge is 0.145 e. The maximum Gasteiger partial charge on any atom is 0.145 e. The number of ketones is 1. The van der Waals surface area contributed by atoms with E-state index in [1.165, 1.54) is 135 Å². The Hall–Kier alpha value is -0.330. The fourth-order valence-corrected chi connectivity index (χ4v) is 9.91. The highest BCUT2D eigenvalue weighted by Gasteiger charge is 2.63. The summed E-state index contributed by atoms with van der Waals surface area (Å²) < 4.78 is 0. The lowest BCUT2D eigenvalue weighted by molar-refractivity contribution is -0.170. The van der Waals surface area contributed by atoms with Gasteiger partial charge in [-0.25, -0.2) is 0 Å². The standard InChI is InChI=1S/C32H54O/c1-3-5-6-25-9-13-27(14-10-25)29-17-21-32(22-18-29)23-31(30(32)33)19-15-28(16-20-31)26-11-7-24(4-2)8-12-26/h24-29H,3-23H2,1-2H3/t24?,25?,26?,27?,28?,29-,31-,32-. The van der Waals surface area contributed by atoms with Gasteiger partial charge in [0.25, 0.3) is 0 Å². The topological polar surface area (TPSA) is 17.1 Å². The molecular formula is C32H54O. The number of carbonyl (C=O) groups excluding carboxylic acids is 1. The van der Waals surface area contributed by atoms with Crippen LogP contribution in [0.4, 0.5) is 0 Å². The molecule has 0 saturated heterocycles. The maximum absolute atomic E-state index is 13.7. The van der Waals surface area contributed by atoms with Crippen molar-refractivity contribution < 1.29 is 4.79 Å². The predicted molar refractivity (Wildman–Crippen MR) is 139 cm³/mol. The molecular weight excluding hydrogens is 400 g/mol. The van der Waals surface area contributed by atoms with Crippen molar-refractivity contribution in [3.05, 3.63) is 0 Å². The van der Waals surface area contributed by atoms with Gasteiger partial charge in [0.15, 0.2) is 0 Å². The van der Waals surface area contributed by atoms with Crippen molar-refractivity contribution in [2.24, 2.45) is 46.3 Å². The van der Waals surface area contributed by atoms with Crippen molar-refractivity contribution in [3.63, 3.8) is 0 Å². The van der Waals surface area contributed by atoms with Crippen LogP contribution in [0.25, 0.3) is 0 Å². The molecule has 33 heavy (non-hydrogen) atoms. The zero-order chi connectivity index (χ0) is 22.9. The number of Topliss-reactive ketones (excluding diaryl/α,β-unsaturated/α-hetero) is 1. The summed E-state index contributed by atoms with van der Waals surface area (Å²) in [6.45, 7) is 4.71. The van der Waals surface area contributed by atoms with E-state index in [-0.39, 0.29) is 10.8 Å². The molecule has 5 saturated carbocycles. The monoisotopic (exact) mass is 454 g/mol. The number of carbonyl (C=O) groups is 1. The highest BCUT2D eigenvalue weighted by molar-refractivity contribution is 5.96. The van der Waals surface area contributed by atoms with E-state index in [1.54, 1.807) is 0 Å². The molecule has 0 aliphatic heterocycles. The van der Waals surface area contributed by atoms with Crippen molar-refractivity contribution in [3.8, 4) is 0 Å². The highest BCUT2D eigenvalue weighted by Crippen LogP contribution is 2.65. The molecule has 188 valence electrons. The summed E-state index contributed by atoms with van der Waals surface area (Å²) in [5.74, 6) is 6.66. The summed E-state index contributed by atoms with van der Waals surface area (Å²) in [5.41, 5.74) is 0.280. The van der Waals surface area contributed by atoms with E-state index in [4.69, 9.17) is 0 Å². The van der Waals surface area contributed by atoms with Crippen molar-refractivity contribution in [2.45, 2.75) is 149 Å². The predicted octanol–water partition coefficient (Wildman–Crippen LogP) is 9.53. The Morgan fingerprint density at radius 1 is 0.606 bits per heavy atom. The lowest BCUT2D eigenvalue weighted by Crippen LogP contribution is -2.60. The van der Waals surface area contributed by atoms with Crippen molar-refractivity contribution in [1.29, 1.82) is 0 Å². The molecule has 0 radical (unpaired) electrons. The normalized spacial score (nSPS) is 46.4. The van der Waals surface area contributed by atoms with Crippen LogP contribution in [0.2, 0.25) is 0 Å². The van der Waals surface area contributed by atoms with Crippen LogP contribution in [0.15, 0.2) is 0 Å². The molecule has 0 unspecified atom stereocenters. The third-order valence-corrected chi connectivity index (χ3v) is 12.3. The Bertz CT molecular complexity index is 631. The average molecular weight is 455 g/mol. The summed E-state index contributed by atoms with van der Waals surface area (Å²) in [4.78, 5) is 13.7. The summed E-state index contributed by atoms with van der Waals surface area (Å²) in [7, 11) is 0. The molecule has 0 bridgehead atoms. The van der Waals surface area contributed by atoms with Gasteiger partial charge in [-0.3, -0.25) is 4.79 Å². The van der Waals surface area contributed by atoms with Gasteiger partial charge in [-0.1, -0.05) is 65.2 Å². The first-order valence-electron chi connectivity index (χ1n) is 15.6. The number of rotatable bonds is 6. The minimum atomic E-state index is 0.140. The summed E-state index contributed by atoms with van der Waals surface area (Å²) in [5, 5.41) is 0. The molecule has 0 heterocycles. The van der Waals surface area contributed by atoms with Crippen LogP contribution in [-0.4, -0.2) is 5.78 Å². The van der Waals surface area contributed by atoms with Gasteiger partial charge in [0.05, 0.1) is 0 Å². The Morgan fingerprint density at radius 3 is 1.42 bits per heavy atom. The average Bonchev–Trinajstić information content (AvgIpc) is 2.88. The van der Waals surface area contributed by atoms with Crippen LogP contribution in [0, 0.1) is 46.3 Å². The quantitative estimate of drug-likeness (QED) is 0.390. The Kier molecular flexibility index (Phi) is 7.64. The van der Waals surface area contributed by atoms with E-state index in [0.717, 1.165) is 41.3 Å². The second-order valence-corrected chi connectivity index (χ2v) is 13.9. The van der Waals surface area contributed by atoms with Crippen LogP contribution < -0.4 is 0 Å². The fraction of sp³-hybridized carbons (Fsp3) is 0.969. The SMILES string of the molecule is CCCCC1CCC([C@H]2CC[C@]3(CC2)C[C@@]2(CCC(C4CCC(CC)CC4)CC2)C3=O)CC1. The van der Waals surface area contributed by atoms with Gasteiger partial charge >= 0.3 is 0 Å². The van der Waals surface area contributed by atoms with Gasteiger partial charge in [-0.15, -0.1) is 0 Å². The van der Waals surface area contributed by atoms with E-state index in [9.17, 15) is 4.79 Å². The van der Waals surface area contributed by atoms with Crippen LogP contribution in [-0.2, 0) is 4.79 Å². The third kappa shape index (κ3) is 4.87. The van der Waals surface area contributed by atoms with E-state index in [2.05, 4.69) is 13.8 Å². The first-order chi connectivity index (χ1) is 16.1. The van der Waals surface area contributed by atoms with Crippen LogP contribution in [0.1, 0.15) is 149 Å². The Labute approximate surface area is 205 Å². The van der Waals surface area contributed by atoms with Gasteiger partial charge in [0.1, 0.15) is 5.78 Å². The van der Waals surface area contributed by atoms with Crippen molar-refractivity contribution in [1.82, 2.24) is 0 Å². The zero-order valence-electron chi connectivity index (χ0n) is 22.2. The molecule has 2 spiro atoms. The van der Waals surface area contributed by atoms with E-state index in [0.29, 0.717) is 0 Å². The van der Waals surface area contributed by atoms with E-state index in [1.807, 2.05) is 0 Å². The molecule has 0 N–H and O–H groups in total. The van der Waals surface area contributed by atoms with Crippen molar-refractivity contribution >= 4 is 5.78 Å². The molecule has 5 fully saturated rings. The molecule has 0 amide bonds. The summed E-state index contributed by atoms with van der Waals surface area (Å²) in [6.07, 6.45) is 29.3. The van der Waals surface area contributed by atoms with Gasteiger partial charge in [0.2, 0.25) is 0 Å². The maximum atomic E-state index is 13.7. The highest BCUT2D eigenvalue weighted by atomic mass is 16.1. The Morgan fingerprint density at radius 2 is 1.03 bits per heavy atom. The number of unbranched alkanes of at least 4 members (excludes halogenated alkanes) is 1. The molecule has 0 aromatic heterocycles. The van der Waals surface area contributed by atoms with E-state index < -0.39 is 0 Å². The third-order valence-electron chi connectivity index (χ3n) is 12.3. The number of hydrogen-bond acceptors (Lipinski definition) is 1. The summed E-state index contributed by atoms with van der Waals surface area (Å²) in [6, 6.07) is 0. The van der Waals surface area contributed by atoms with Gasteiger partial charge in [-0.2, -0.15) is 0 Å². The molecule has 0 aromatic rings. The zero-order valence-corrected chi connectivity index (χ0v) is 22.2. The Balaban J connectivity index is 1.06. The molecule has 5 aliphatic carbocycles. The first kappa shape index (κ1) is 24.4. The second kappa shape index (κ2) is 10.3. The van der Waals surface area contributed by atoms with Crippen LogP contribution in [0.5, 0.6) is 0 Å². The lowest BCUT2D eigenvalue weighted by Gasteiger charge is -2.60. The lowest BCUT2D eigenvalue weighted by atomic mass is 9.42. The molecule has 5 rings (SSSR count). The van der Waals surface area contributed by atoms with Gasteiger partial charge < -0.3 is 0 Å². The fourth-order valence-electron chi connectivity index (χ4n) is 9.91. The minimum absolute atomic E-state index is 0.140. The second-order valence-electron chi connectivity index (χ2n) is 13.9. The largest absolute Gasteiger partial charge is 0.298 e. The van der Waals surface area contributed by atoms with Gasteiger partial charge in [-0.05, 0) is 119 Å². The number of hydrogen-bond donors (Lipinski definition) is 0. The summed E-state index contributed by atoms with van der Waals surface area (Å²) >= 11 is 0. The van der Waals surface area contributed by atoms with Crippen LogP contribution in [0.3, 0.4) is 0 Å². The molecule has 1 nitrogen and oxygen atoms in total. The first-order valence-corrected chi connectivity index (χ1v) is 15.6.